The van der Waals surface area contributed by atoms with Gasteiger partial charge in [0.1, 0.15) is 5.82 Å². The van der Waals surface area contributed by atoms with E-state index in [1.165, 1.54) is 25.0 Å². The number of rotatable bonds is 3. The minimum absolute atomic E-state index is 0.106. The number of nitrogens with one attached hydrogen (secondary N) is 1. The van der Waals surface area contributed by atoms with Crippen molar-refractivity contribution in [1.82, 2.24) is 5.32 Å². The highest BCUT2D eigenvalue weighted by atomic mass is 127. The van der Waals surface area contributed by atoms with E-state index in [0.717, 1.165) is 12.8 Å². The fraction of sp³-hybridized carbons (Fsp3) is 0.500. The largest absolute Gasteiger partial charge is 0.352 e. The molecular formula is C14H16BrFINO. The lowest BCUT2D eigenvalue weighted by atomic mass is 9.89. The summed E-state index contributed by atoms with van der Waals surface area (Å²) >= 11 is 5.62. The summed E-state index contributed by atoms with van der Waals surface area (Å²) in [6, 6.07) is 4.25. The number of alkyl halides is 1. The van der Waals surface area contributed by atoms with Gasteiger partial charge >= 0.3 is 0 Å². The fourth-order valence-electron chi connectivity index (χ4n) is 2.33. The van der Waals surface area contributed by atoms with Gasteiger partial charge in [-0.25, -0.2) is 4.39 Å². The lowest BCUT2D eigenvalue weighted by molar-refractivity contribution is 0.0943. The second-order valence-electron chi connectivity index (χ2n) is 4.95. The Morgan fingerprint density at radius 3 is 2.68 bits per heavy atom. The molecule has 0 unspecified atom stereocenters. The number of carbonyl (C=O) groups excluding carboxylic acids is 1. The van der Waals surface area contributed by atoms with Gasteiger partial charge in [-0.1, -0.05) is 15.9 Å². The smallest absolute Gasteiger partial charge is 0.252 e. The van der Waals surface area contributed by atoms with Crippen molar-refractivity contribution in [1.29, 1.82) is 0 Å². The summed E-state index contributed by atoms with van der Waals surface area (Å²) in [4.78, 5) is 12.7. The molecule has 0 bridgehead atoms. The van der Waals surface area contributed by atoms with E-state index in [4.69, 9.17) is 0 Å². The predicted molar refractivity (Wildman–Crippen MR) is 86.1 cm³/mol. The Kier molecular flexibility index (Phi) is 5.62. The molecule has 1 amide bonds. The zero-order valence-electron chi connectivity index (χ0n) is 10.5. The third-order valence-corrected chi connectivity index (χ3v) is 5.31. The highest BCUT2D eigenvalue weighted by Crippen LogP contribution is 2.28. The van der Waals surface area contributed by atoms with Gasteiger partial charge in [0.05, 0.1) is 5.56 Å². The van der Waals surface area contributed by atoms with Crippen molar-refractivity contribution in [2.24, 2.45) is 5.92 Å². The molecule has 1 aromatic rings. The molecule has 1 aliphatic carbocycles. The van der Waals surface area contributed by atoms with Crippen LogP contribution < -0.4 is 5.32 Å². The lowest BCUT2D eigenvalue weighted by Crippen LogP contribution is -2.31. The average Bonchev–Trinajstić information content (AvgIpc) is 2.37. The normalized spacial score (nSPS) is 23.1. The van der Waals surface area contributed by atoms with Crippen LogP contribution in [0.4, 0.5) is 4.39 Å². The zero-order valence-corrected chi connectivity index (χ0v) is 14.2. The van der Waals surface area contributed by atoms with Gasteiger partial charge in [-0.3, -0.25) is 4.79 Å². The maximum atomic E-state index is 13.0. The van der Waals surface area contributed by atoms with Gasteiger partial charge in [0.25, 0.3) is 5.91 Å². The number of hydrogen-bond donors (Lipinski definition) is 1. The van der Waals surface area contributed by atoms with Crippen LogP contribution in [-0.2, 0) is 0 Å². The molecule has 2 rings (SSSR count). The summed E-state index contributed by atoms with van der Waals surface area (Å²) in [5.74, 6) is 0.151. The third kappa shape index (κ3) is 4.41. The average molecular weight is 440 g/mol. The highest BCUT2D eigenvalue weighted by molar-refractivity contribution is 14.1. The van der Waals surface area contributed by atoms with Gasteiger partial charge in [0.2, 0.25) is 0 Å². The summed E-state index contributed by atoms with van der Waals surface area (Å²) in [7, 11) is 0. The Bertz CT molecular complexity index is 461. The molecule has 0 aliphatic heterocycles. The number of amides is 1. The molecule has 1 aromatic carbocycles. The van der Waals surface area contributed by atoms with Gasteiger partial charge in [-0.05, 0) is 72.4 Å². The quantitative estimate of drug-likeness (QED) is 0.557. The van der Waals surface area contributed by atoms with Gasteiger partial charge in [0, 0.05) is 14.9 Å². The van der Waals surface area contributed by atoms with E-state index in [0.29, 0.717) is 26.4 Å². The molecule has 1 saturated carbocycles. The SMILES string of the molecule is O=C(NCC1CCC(Br)CC1)c1ccc(F)cc1I. The monoisotopic (exact) mass is 439 g/mol. The van der Waals surface area contributed by atoms with Crippen molar-refractivity contribution in [3.63, 3.8) is 0 Å². The molecule has 1 fully saturated rings. The van der Waals surface area contributed by atoms with E-state index in [9.17, 15) is 9.18 Å². The van der Waals surface area contributed by atoms with E-state index in [-0.39, 0.29) is 11.7 Å². The van der Waals surface area contributed by atoms with Crippen LogP contribution in [0.15, 0.2) is 18.2 Å². The van der Waals surface area contributed by atoms with E-state index >= 15 is 0 Å². The molecule has 104 valence electrons. The van der Waals surface area contributed by atoms with Gasteiger partial charge < -0.3 is 5.32 Å². The first-order chi connectivity index (χ1) is 9.06. The van der Waals surface area contributed by atoms with Crippen molar-refractivity contribution in [2.75, 3.05) is 6.54 Å². The molecule has 1 aliphatic rings. The molecule has 0 atom stereocenters. The minimum Gasteiger partial charge on any atom is -0.352 e. The molecule has 0 saturated heterocycles. The van der Waals surface area contributed by atoms with Crippen LogP contribution in [0.2, 0.25) is 0 Å². The molecular weight excluding hydrogens is 424 g/mol. The predicted octanol–water partition coefficient (Wildman–Crippen LogP) is 4.11. The first kappa shape index (κ1) is 15.2. The van der Waals surface area contributed by atoms with Crippen LogP contribution in [0, 0.1) is 15.3 Å². The van der Waals surface area contributed by atoms with Gasteiger partial charge in [-0.15, -0.1) is 0 Å². The van der Waals surface area contributed by atoms with Crippen molar-refractivity contribution in [3.05, 3.63) is 33.1 Å². The first-order valence-corrected chi connectivity index (χ1v) is 8.43. The molecule has 2 nitrogen and oxygen atoms in total. The minimum atomic E-state index is -0.309. The molecule has 0 aromatic heterocycles. The summed E-state index contributed by atoms with van der Waals surface area (Å²) in [6.45, 7) is 0.714. The van der Waals surface area contributed by atoms with E-state index in [1.807, 2.05) is 22.6 Å². The summed E-state index contributed by atoms with van der Waals surface area (Å²) in [5.41, 5.74) is 0.552. The summed E-state index contributed by atoms with van der Waals surface area (Å²) in [6.07, 6.45) is 4.65. The number of benzene rings is 1. The van der Waals surface area contributed by atoms with Crippen LogP contribution in [0.5, 0.6) is 0 Å². The Morgan fingerprint density at radius 2 is 2.05 bits per heavy atom. The third-order valence-electron chi connectivity index (χ3n) is 3.50. The van der Waals surface area contributed by atoms with Gasteiger partial charge in [-0.2, -0.15) is 0 Å². The van der Waals surface area contributed by atoms with Crippen LogP contribution in [0.3, 0.4) is 0 Å². The Hall–Kier alpha value is -0.170. The standard InChI is InChI=1S/C14H16BrFINO/c15-10-3-1-9(2-4-10)8-18-14(19)12-6-5-11(16)7-13(12)17/h5-7,9-10H,1-4,8H2,(H,18,19). The molecule has 0 heterocycles. The lowest BCUT2D eigenvalue weighted by Gasteiger charge is -2.25. The van der Waals surface area contributed by atoms with Crippen LogP contribution in [0.25, 0.3) is 0 Å². The molecule has 1 N–H and O–H groups in total. The first-order valence-electron chi connectivity index (χ1n) is 6.43. The van der Waals surface area contributed by atoms with Crippen LogP contribution in [0.1, 0.15) is 36.0 Å². The van der Waals surface area contributed by atoms with E-state index in [1.54, 1.807) is 6.07 Å². The van der Waals surface area contributed by atoms with E-state index < -0.39 is 0 Å². The zero-order chi connectivity index (χ0) is 13.8. The van der Waals surface area contributed by atoms with Crippen LogP contribution in [-0.4, -0.2) is 17.3 Å². The van der Waals surface area contributed by atoms with E-state index in [2.05, 4.69) is 21.2 Å². The van der Waals surface area contributed by atoms with Gasteiger partial charge in [0.15, 0.2) is 0 Å². The fourth-order valence-corrected chi connectivity index (χ4v) is 3.58. The summed E-state index contributed by atoms with van der Waals surface area (Å²) < 4.78 is 13.6. The highest BCUT2D eigenvalue weighted by Gasteiger charge is 2.20. The topological polar surface area (TPSA) is 29.1 Å². The van der Waals surface area contributed by atoms with Crippen molar-refractivity contribution in [3.8, 4) is 0 Å². The number of halogens is 3. The molecule has 19 heavy (non-hydrogen) atoms. The Morgan fingerprint density at radius 1 is 1.37 bits per heavy atom. The maximum Gasteiger partial charge on any atom is 0.252 e. The molecule has 0 spiro atoms. The second-order valence-corrected chi connectivity index (χ2v) is 7.41. The van der Waals surface area contributed by atoms with Crippen molar-refractivity contribution < 1.29 is 9.18 Å². The maximum absolute atomic E-state index is 13.0. The van der Waals surface area contributed by atoms with Crippen LogP contribution >= 0.6 is 38.5 Å². The number of hydrogen-bond acceptors (Lipinski definition) is 1. The Balaban J connectivity index is 1.87. The van der Waals surface area contributed by atoms with Crippen molar-refractivity contribution >= 4 is 44.4 Å². The molecule has 0 radical (unpaired) electrons. The Labute approximate surface area is 134 Å². The van der Waals surface area contributed by atoms with Crippen molar-refractivity contribution in [2.45, 2.75) is 30.5 Å². The second kappa shape index (κ2) is 7.02. The number of carbonyl (C=O) groups is 1. The molecule has 5 heteroatoms. The summed E-state index contributed by atoms with van der Waals surface area (Å²) in [5, 5.41) is 2.96.